The van der Waals surface area contributed by atoms with E-state index in [9.17, 15) is 8.42 Å². The van der Waals surface area contributed by atoms with Gasteiger partial charge in [-0.2, -0.15) is 0 Å². The van der Waals surface area contributed by atoms with Crippen LogP contribution in [0.1, 0.15) is 18.1 Å². The van der Waals surface area contributed by atoms with Crippen LogP contribution >= 0.6 is 0 Å². The van der Waals surface area contributed by atoms with E-state index in [0.717, 1.165) is 44.0 Å². The predicted octanol–water partition coefficient (Wildman–Crippen LogP) is -0.104. The zero-order chi connectivity index (χ0) is 16.9. The summed E-state index contributed by atoms with van der Waals surface area (Å²) in [6.07, 6.45) is 0. The van der Waals surface area contributed by atoms with Crippen molar-refractivity contribution < 1.29 is 22.8 Å². The number of aryl methyl sites for hydroxylation is 2. The highest BCUT2D eigenvalue weighted by Crippen LogP contribution is 2.26. The Morgan fingerprint density at radius 1 is 1.22 bits per heavy atom. The van der Waals surface area contributed by atoms with Crippen molar-refractivity contribution in [2.75, 3.05) is 46.0 Å². The molecule has 0 radical (unpaired) electrons. The lowest BCUT2D eigenvalue weighted by molar-refractivity contribution is -0.906. The Kier molecular flexibility index (Phi) is 6.41. The number of morpholine rings is 1. The van der Waals surface area contributed by atoms with Gasteiger partial charge in [0.25, 0.3) is 0 Å². The molecule has 0 saturated carbocycles. The molecule has 0 atom stereocenters. The standard InChI is InChI=1S/C16H26N2O4S/c1-4-22-15-12-16(14(3)11-13(15)2)23(19,20)17-5-6-18-7-9-21-10-8-18/h11-12,17H,4-10H2,1-3H3/p+1. The Bertz CT molecular complexity index is 625. The fourth-order valence-corrected chi connectivity index (χ4v) is 4.04. The summed E-state index contributed by atoms with van der Waals surface area (Å²) >= 11 is 0. The van der Waals surface area contributed by atoms with Crippen LogP contribution in [0.4, 0.5) is 0 Å². The lowest BCUT2D eigenvalue weighted by atomic mass is 10.1. The first-order valence-corrected chi connectivity index (χ1v) is 9.57. The summed E-state index contributed by atoms with van der Waals surface area (Å²) in [5, 5.41) is 0. The van der Waals surface area contributed by atoms with Crippen molar-refractivity contribution >= 4 is 10.0 Å². The van der Waals surface area contributed by atoms with Crippen LogP contribution in [0.3, 0.4) is 0 Å². The molecular formula is C16H27N2O4S+. The van der Waals surface area contributed by atoms with Gasteiger partial charge >= 0.3 is 0 Å². The molecule has 0 bridgehead atoms. The quantitative estimate of drug-likeness (QED) is 0.725. The highest BCUT2D eigenvalue weighted by atomic mass is 32.2. The van der Waals surface area contributed by atoms with Crippen LogP contribution < -0.4 is 14.4 Å². The zero-order valence-electron chi connectivity index (χ0n) is 14.1. The fraction of sp³-hybridized carbons (Fsp3) is 0.625. The Morgan fingerprint density at radius 2 is 1.91 bits per heavy atom. The molecule has 1 fully saturated rings. The van der Waals surface area contributed by atoms with Crippen molar-refractivity contribution in [2.45, 2.75) is 25.7 Å². The molecule has 23 heavy (non-hydrogen) atoms. The Hall–Kier alpha value is -1.15. The number of sulfonamides is 1. The molecule has 1 heterocycles. The second-order valence-corrected chi connectivity index (χ2v) is 7.56. The molecule has 1 aliphatic heterocycles. The SMILES string of the molecule is CCOc1cc(S(=O)(=O)NCC[NH+]2CCOCC2)c(C)cc1C. The van der Waals surface area contributed by atoms with E-state index >= 15 is 0 Å². The molecule has 1 aromatic carbocycles. The number of hydrogen-bond acceptors (Lipinski definition) is 4. The van der Waals surface area contributed by atoms with Crippen LogP contribution in [-0.4, -0.2) is 54.4 Å². The topological polar surface area (TPSA) is 69.1 Å². The van der Waals surface area contributed by atoms with Gasteiger partial charge in [0.15, 0.2) is 0 Å². The first kappa shape index (κ1) is 18.2. The van der Waals surface area contributed by atoms with E-state index in [0.29, 0.717) is 23.8 Å². The lowest BCUT2D eigenvalue weighted by Crippen LogP contribution is -3.14. The third-order valence-electron chi connectivity index (χ3n) is 4.03. The maximum absolute atomic E-state index is 12.6. The number of quaternary nitrogens is 1. The lowest BCUT2D eigenvalue weighted by Gasteiger charge is -2.23. The van der Waals surface area contributed by atoms with Gasteiger partial charge in [-0.3, -0.25) is 0 Å². The van der Waals surface area contributed by atoms with E-state index in [1.54, 1.807) is 6.07 Å². The van der Waals surface area contributed by atoms with E-state index in [2.05, 4.69) is 4.72 Å². The van der Waals surface area contributed by atoms with Crippen molar-refractivity contribution in [1.82, 2.24) is 4.72 Å². The number of benzene rings is 1. The smallest absolute Gasteiger partial charge is 0.241 e. The minimum atomic E-state index is -3.52. The van der Waals surface area contributed by atoms with Crippen molar-refractivity contribution in [3.8, 4) is 5.75 Å². The van der Waals surface area contributed by atoms with Crippen molar-refractivity contribution in [3.05, 3.63) is 23.3 Å². The van der Waals surface area contributed by atoms with Crippen molar-refractivity contribution in [1.29, 1.82) is 0 Å². The number of ether oxygens (including phenoxy) is 2. The monoisotopic (exact) mass is 343 g/mol. The normalized spacial score (nSPS) is 16.5. The third-order valence-corrected chi connectivity index (χ3v) is 5.64. The van der Waals surface area contributed by atoms with Crippen molar-refractivity contribution in [3.63, 3.8) is 0 Å². The summed E-state index contributed by atoms with van der Waals surface area (Å²) in [5.41, 5.74) is 1.68. The minimum absolute atomic E-state index is 0.295. The molecule has 130 valence electrons. The molecule has 7 heteroatoms. The first-order valence-electron chi connectivity index (χ1n) is 8.09. The number of nitrogens with one attached hydrogen (secondary N) is 2. The predicted molar refractivity (Wildman–Crippen MR) is 88.7 cm³/mol. The maximum atomic E-state index is 12.6. The minimum Gasteiger partial charge on any atom is -0.494 e. The second-order valence-electron chi connectivity index (χ2n) is 5.83. The molecule has 0 aromatic heterocycles. The molecule has 2 rings (SSSR count). The number of hydrogen-bond donors (Lipinski definition) is 2. The Labute approximate surface area is 138 Å². The van der Waals surface area contributed by atoms with Gasteiger partial charge in [0.2, 0.25) is 10.0 Å². The van der Waals surface area contributed by atoms with E-state index in [1.165, 1.54) is 4.90 Å². The molecule has 0 unspecified atom stereocenters. The summed E-state index contributed by atoms with van der Waals surface area (Å²) in [6.45, 7) is 10.7. The van der Waals surface area contributed by atoms with Crippen LogP contribution in [-0.2, 0) is 14.8 Å². The molecule has 0 amide bonds. The summed E-state index contributed by atoms with van der Waals surface area (Å²) in [6, 6.07) is 3.48. The van der Waals surface area contributed by atoms with Gasteiger partial charge in [-0.15, -0.1) is 0 Å². The van der Waals surface area contributed by atoms with E-state index in [4.69, 9.17) is 9.47 Å². The van der Waals surface area contributed by atoms with Gasteiger partial charge in [-0.1, -0.05) is 6.07 Å². The first-order chi connectivity index (χ1) is 10.9. The van der Waals surface area contributed by atoms with E-state index < -0.39 is 10.0 Å². The van der Waals surface area contributed by atoms with E-state index in [-0.39, 0.29) is 0 Å². The largest absolute Gasteiger partial charge is 0.494 e. The Morgan fingerprint density at radius 3 is 2.57 bits per heavy atom. The number of rotatable bonds is 7. The summed E-state index contributed by atoms with van der Waals surface area (Å²) in [4.78, 5) is 1.66. The van der Waals surface area contributed by atoms with Gasteiger partial charge in [0.05, 0.1) is 37.8 Å². The van der Waals surface area contributed by atoms with Crippen LogP contribution in [0.25, 0.3) is 0 Å². The van der Waals surface area contributed by atoms with Crippen LogP contribution in [0, 0.1) is 13.8 Å². The van der Waals surface area contributed by atoms with E-state index in [1.807, 2.05) is 26.8 Å². The van der Waals surface area contributed by atoms with Gasteiger partial charge in [-0.05, 0) is 31.9 Å². The molecule has 1 aromatic rings. The molecular weight excluding hydrogens is 316 g/mol. The summed E-state index contributed by atoms with van der Waals surface area (Å²) in [5.74, 6) is 0.622. The molecule has 0 aliphatic carbocycles. The van der Waals surface area contributed by atoms with Crippen LogP contribution in [0.2, 0.25) is 0 Å². The average Bonchev–Trinajstić information content (AvgIpc) is 2.51. The fourth-order valence-electron chi connectivity index (χ4n) is 2.76. The maximum Gasteiger partial charge on any atom is 0.241 e. The second kappa shape index (κ2) is 8.10. The summed E-state index contributed by atoms with van der Waals surface area (Å²) in [7, 11) is -3.52. The molecule has 1 aliphatic rings. The molecule has 2 N–H and O–H groups in total. The highest BCUT2D eigenvalue weighted by molar-refractivity contribution is 7.89. The van der Waals surface area contributed by atoms with Gasteiger partial charge in [0, 0.05) is 6.07 Å². The van der Waals surface area contributed by atoms with Crippen LogP contribution in [0.5, 0.6) is 5.75 Å². The summed E-state index contributed by atoms with van der Waals surface area (Å²) < 4.78 is 38.7. The van der Waals surface area contributed by atoms with Crippen molar-refractivity contribution in [2.24, 2.45) is 0 Å². The highest BCUT2D eigenvalue weighted by Gasteiger charge is 2.20. The Balaban J connectivity index is 2.04. The average molecular weight is 343 g/mol. The molecule has 6 nitrogen and oxygen atoms in total. The van der Waals surface area contributed by atoms with Gasteiger partial charge < -0.3 is 14.4 Å². The molecule has 1 saturated heterocycles. The zero-order valence-corrected chi connectivity index (χ0v) is 15.0. The van der Waals surface area contributed by atoms with Gasteiger partial charge in [-0.25, -0.2) is 13.1 Å². The molecule has 0 spiro atoms. The third kappa shape index (κ3) is 4.91. The van der Waals surface area contributed by atoms with Crippen LogP contribution in [0.15, 0.2) is 17.0 Å². The van der Waals surface area contributed by atoms with Gasteiger partial charge in [0.1, 0.15) is 18.8 Å².